The van der Waals surface area contributed by atoms with E-state index in [1.165, 1.54) is 53.4 Å². The summed E-state index contributed by atoms with van der Waals surface area (Å²) in [5.41, 5.74) is 7.36. The Kier molecular flexibility index (Phi) is 5.73. The van der Waals surface area contributed by atoms with Gasteiger partial charge in [0.2, 0.25) is 0 Å². The van der Waals surface area contributed by atoms with Crippen LogP contribution in [0.15, 0.2) is 12.3 Å². The van der Waals surface area contributed by atoms with Crippen LogP contribution in [0.25, 0.3) is 10.9 Å². The maximum atomic E-state index is 6.33. The number of aryl methyl sites for hydroxylation is 1. The van der Waals surface area contributed by atoms with Crippen molar-refractivity contribution in [1.82, 2.24) is 30.4 Å². The molecule has 2 aromatic heterocycles. The highest BCUT2D eigenvalue weighted by molar-refractivity contribution is 5.94. The third-order valence-corrected chi connectivity index (χ3v) is 9.16. The van der Waals surface area contributed by atoms with Crippen molar-refractivity contribution in [3.8, 4) is 6.01 Å². The Balaban J connectivity index is 1.24. The summed E-state index contributed by atoms with van der Waals surface area (Å²) < 4.78 is 6.33. The second-order valence-corrected chi connectivity index (χ2v) is 11.6. The lowest BCUT2D eigenvalue weighted by molar-refractivity contribution is 0.187. The molecule has 7 rings (SSSR count). The first-order valence-electron chi connectivity index (χ1n) is 14.0. The van der Waals surface area contributed by atoms with Crippen LogP contribution >= 0.6 is 0 Å². The number of aromatic amines is 1. The van der Waals surface area contributed by atoms with E-state index in [4.69, 9.17) is 14.7 Å². The molecule has 0 radical (unpaired) electrons. The molecule has 196 valence electrons. The number of hydrogen-bond acceptors (Lipinski definition) is 8. The molecule has 3 aromatic rings. The molecule has 2 bridgehead atoms. The van der Waals surface area contributed by atoms with Gasteiger partial charge >= 0.3 is 6.01 Å². The van der Waals surface area contributed by atoms with Crippen molar-refractivity contribution in [1.29, 1.82) is 0 Å². The van der Waals surface area contributed by atoms with Crippen LogP contribution in [0.3, 0.4) is 0 Å². The number of rotatable bonds is 5. The Morgan fingerprint density at radius 3 is 2.68 bits per heavy atom. The molecule has 9 nitrogen and oxygen atoms in total. The van der Waals surface area contributed by atoms with E-state index in [0.29, 0.717) is 30.7 Å². The van der Waals surface area contributed by atoms with Gasteiger partial charge in [0.15, 0.2) is 0 Å². The zero-order valence-corrected chi connectivity index (χ0v) is 22.3. The average molecular weight is 503 g/mol. The van der Waals surface area contributed by atoms with Crippen molar-refractivity contribution >= 4 is 22.4 Å². The van der Waals surface area contributed by atoms with Crippen LogP contribution in [-0.4, -0.2) is 83.0 Å². The van der Waals surface area contributed by atoms with Crippen LogP contribution in [0, 0.1) is 13.8 Å². The summed E-state index contributed by atoms with van der Waals surface area (Å²) in [6.45, 7) is 9.93. The molecule has 4 aliphatic rings. The van der Waals surface area contributed by atoms with Gasteiger partial charge in [0.25, 0.3) is 0 Å². The lowest BCUT2D eigenvalue weighted by atomic mass is 9.99. The molecule has 37 heavy (non-hydrogen) atoms. The monoisotopic (exact) mass is 502 g/mol. The molecule has 9 heteroatoms. The fourth-order valence-corrected chi connectivity index (χ4v) is 6.95. The summed E-state index contributed by atoms with van der Waals surface area (Å²) >= 11 is 0. The first-order valence-corrected chi connectivity index (χ1v) is 14.0. The topological polar surface area (TPSA) is 85.4 Å². The number of piperazine rings is 1. The van der Waals surface area contributed by atoms with Gasteiger partial charge in [-0.15, -0.1) is 0 Å². The molecule has 0 amide bonds. The molecule has 3 fully saturated rings. The van der Waals surface area contributed by atoms with E-state index in [1.54, 1.807) is 0 Å². The van der Waals surface area contributed by atoms with E-state index in [-0.39, 0.29) is 0 Å². The van der Waals surface area contributed by atoms with Gasteiger partial charge in [0, 0.05) is 48.7 Å². The summed E-state index contributed by atoms with van der Waals surface area (Å²) in [6.07, 6.45) is 7.82. The van der Waals surface area contributed by atoms with Gasteiger partial charge in [0.1, 0.15) is 12.4 Å². The number of nitrogens with one attached hydrogen (secondary N) is 2. The third-order valence-electron chi connectivity index (χ3n) is 9.16. The molecule has 3 atom stereocenters. The van der Waals surface area contributed by atoms with Crippen molar-refractivity contribution in [3.05, 3.63) is 34.6 Å². The molecule has 1 aromatic carbocycles. The fourth-order valence-electron chi connectivity index (χ4n) is 6.95. The van der Waals surface area contributed by atoms with Crippen molar-refractivity contribution < 1.29 is 4.74 Å². The molecule has 0 saturated carbocycles. The minimum absolute atomic E-state index is 0.443. The van der Waals surface area contributed by atoms with Crippen LogP contribution in [0.1, 0.15) is 48.1 Å². The van der Waals surface area contributed by atoms with Gasteiger partial charge in [-0.25, -0.2) is 0 Å². The number of ether oxygens (including phenoxy) is 1. The molecular formula is C28H38N8O. The SMILES string of the molecule is Cc1cc2[nH]ncc2c(N2CCc3c(nc(OC[C@@H]4CCCN4C)nc3N3CC4CCC(C3)N4)C2)c1C. The number of likely N-dealkylation sites (tertiary alicyclic amines) is 1. The number of aromatic nitrogens is 4. The minimum Gasteiger partial charge on any atom is -0.462 e. The van der Waals surface area contributed by atoms with Crippen LogP contribution in [0.2, 0.25) is 0 Å². The van der Waals surface area contributed by atoms with Crippen molar-refractivity contribution in [2.24, 2.45) is 0 Å². The van der Waals surface area contributed by atoms with Crippen LogP contribution < -0.4 is 19.9 Å². The van der Waals surface area contributed by atoms with Gasteiger partial charge in [-0.3, -0.25) is 5.10 Å². The minimum atomic E-state index is 0.443. The second-order valence-electron chi connectivity index (χ2n) is 11.6. The van der Waals surface area contributed by atoms with E-state index in [1.807, 2.05) is 6.20 Å². The fraction of sp³-hybridized carbons (Fsp3) is 0.607. The quantitative estimate of drug-likeness (QED) is 0.551. The van der Waals surface area contributed by atoms with E-state index in [2.05, 4.69) is 57.2 Å². The maximum absolute atomic E-state index is 6.33. The van der Waals surface area contributed by atoms with Gasteiger partial charge in [0.05, 0.1) is 29.6 Å². The first kappa shape index (κ1) is 23.2. The lowest BCUT2D eigenvalue weighted by Crippen LogP contribution is -2.52. The lowest BCUT2D eigenvalue weighted by Gasteiger charge is -2.38. The van der Waals surface area contributed by atoms with E-state index in [9.17, 15) is 0 Å². The predicted octanol–water partition coefficient (Wildman–Crippen LogP) is 2.95. The van der Waals surface area contributed by atoms with E-state index < -0.39 is 0 Å². The van der Waals surface area contributed by atoms with Gasteiger partial charge in [-0.1, -0.05) is 0 Å². The maximum Gasteiger partial charge on any atom is 0.318 e. The van der Waals surface area contributed by atoms with E-state index in [0.717, 1.165) is 56.2 Å². The Bertz CT molecular complexity index is 1310. The number of anilines is 2. The van der Waals surface area contributed by atoms with Crippen LogP contribution in [0.5, 0.6) is 6.01 Å². The largest absolute Gasteiger partial charge is 0.462 e. The molecule has 2 N–H and O–H groups in total. The summed E-state index contributed by atoms with van der Waals surface area (Å²) in [7, 11) is 2.19. The molecule has 4 aliphatic heterocycles. The summed E-state index contributed by atoms with van der Waals surface area (Å²) in [5, 5.41) is 12.5. The highest BCUT2D eigenvalue weighted by Gasteiger charge is 2.35. The Morgan fingerprint density at radius 2 is 1.89 bits per heavy atom. The van der Waals surface area contributed by atoms with Gasteiger partial charge < -0.3 is 24.8 Å². The highest BCUT2D eigenvalue weighted by atomic mass is 16.5. The molecular weight excluding hydrogens is 464 g/mol. The molecule has 0 spiro atoms. The predicted molar refractivity (Wildman–Crippen MR) is 146 cm³/mol. The smallest absolute Gasteiger partial charge is 0.318 e. The summed E-state index contributed by atoms with van der Waals surface area (Å²) in [5.74, 6) is 1.10. The van der Waals surface area contributed by atoms with Gasteiger partial charge in [-0.2, -0.15) is 15.1 Å². The van der Waals surface area contributed by atoms with Crippen LogP contribution in [-0.2, 0) is 13.0 Å². The first-order chi connectivity index (χ1) is 18.0. The molecule has 2 unspecified atom stereocenters. The second kappa shape index (κ2) is 9.13. The number of H-pyrrole nitrogens is 1. The van der Waals surface area contributed by atoms with Gasteiger partial charge in [-0.05, 0) is 76.7 Å². The number of nitrogens with zero attached hydrogens (tertiary/aromatic N) is 6. The van der Waals surface area contributed by atoms with Crippen molar-refractivity contribution in [2.75, 3.05) is 49.6 Å². The normalized spacial score (nSPS) is 25.8. The summed E-state index contributed by atoms with van der Waals surface area (Å²) in [4.78, 5) is 17.5. The number of hydrogen-bond donors (Lipinski definition) is 2. The van der Waals surface area contributed by atoms with Crippen LogP contribution in [0.4, 0.5) is 11.5 Å². The zero-order valence-electron chi connectivity index (χ0n) is 22.3. The number of likely N-dealkylation sites (N-methyl/N-ethyl adjacent to an activating group) is 1. The third kappa shape index (κ3) is 4.12. The van der Waals surface area contributed by atoms with E-state index >= 15 is 0 Å². The summed E-state index contributed by atoms with van der Waals surface area (Å²) in [6, 6.07) is 4.30. The molecule has 3 saturated heterocycles. The molecule has 0 aliphatic carbocycles. The Labute approximate surface area is 218 Å². The number of benzene rings is 1. The zero-order chi connectivity index (χ0) is 25.1. The van der Waals surface area contributed by atoms with Crippen molar-refractivity contribution in [2.45, 2.75) is 70.6 Å². The Hall–Kier alpha value is -2.91. The number of fused-ring (bicyclic) bond motifs is 4. The standard InChI is InChI=1S/C28H38N8O/c1-17-11-24-23(12-29-33-24)26(18(17)2)35-10-8-22-25(15-35)31-28(37-16-21-5-4-9-34(21)3)32-27(22)36-13-19-6-7-20(14-36)30-19/h11-12,19-21,30H,4-10,13-16H2,1-3H3,(H,29,33)/t19?,20?,21-/m0/s1. The average Bonchev–Trinajstić information content (AvgIpc) is 3.62. The van der Waals surface area contributed by atoms with Crippen molar-refractivity contribution in [3.63, 3.8) is 0 Å². The Morgan fingerprint density at radius 1 is 1.05 bits per heavy atom. The highest BCUT2D eigenvalue weighted by Crippen LogP contribution is 2.37. The molecule has 6 heterocycles.